The molecule has 4 nitrogen and oxygen atoms in total. The number of carbonyl (C=O) groups excluding carboxylic acids is 1. The van der Waals surface area contributed by atoms with Crippen LogP contribution in [0.25, 0.3) is 0 Å². The van der Waals surface area contributed by atoms with E-state index in [1.807, 2.05) is 37.3 Å². The zero-order valence-corrected chi connectivity index (χ0v) is 15.9. The van der Waals surface area contributed by atoms with Gasteiger partial charge in [-0.25, -0.2) is 4.98 Å². The van der Waals surface area contributed by atoms with Gasteiger partial charge in [-0.1, -0.05) is 31.7 Å². The lowest BCUT2D eigenvalue weighted by atomic mass is 10.0. The van der Waals surface area contributed by atoms with Crippen molar-refractivity contribution in [1.29, 1.82) is 0 Å². The lowest BCUT2D eigenvalue weighted by Crippen LogP contribution is -2.36. The van der Waals surface area contributed by atoms with E-state index >= 15 is 0 Å². The summed E-state index contributed by atoms with van der Waals surface area (Å²) in [6.45, 7) is 2.31. The maximum Gasteiger partial charge on any atom is 0.222 e. The van der Waals surface area contributed by atoms with E-state index in [0.717, 1.165) is 35.6 Å². The zero-order valence-electron chi connectivity index (χ0n) is 14.3. The zero-order chi connectivity index (χ0) is 16.7. The molecule has 1 aliphatic rings. The first kappa shape index (κ1) is 18.4. The summed E-state index contributed by atoms with van der Waals surface area (Å²) in [7, 11) is 4.09. The number of likely N-dealkylation sites (N-methyl/N-ethyl adjacent to an activating group) is 1. The van der Waals surface area contributed by atoms with Crippen LogP contribution in [-0.2, 0) is 11.3 Å². The summed E-state index contributed by atoms with van der Waals surface area (Å²) >= 11 is 3.35. The van der Waals surface area contributed by atoms with Crippen LogP contribution in [0.1, 0.15) is 44.1 Å². The van der Waals surface area contributed by atoms with Gasteiger partial charge in [-0.3, -0.25) is 4.79 Å². The quantitative estimate of drug-likeness (QED) is 0.644. The first-order chi connectivity index (χ1) is 11.0. The van der Waals surface area contributed by atoms with Gasteiger partial charge in [-0.05, 0) is 54.0 Å². The van der Waals surface area contributed by atoms with Crippen LogP contribution >= 0.6 is 15.9 Å². The van der Waals surface area contributed by atoms with E-state index in [4.69, 9.17) is 0 Å². The molecule has 23 heavy (non-hydrogen) atoms. The second-order valence-corrected chi connectivity index (χ2v) is 7.61. The van der Waals surface area contributed by atoms with Gasteiger partial charge in [-0.15, -0.1) is 0 Å². The predicted molar refractivity (Wildman–Crippen MR) is 97.1 cm³/mol. The molecular weight excluding hydrogens is 354 g/mol. The fourth-order valence-electron chi connectivity index (χ4n) is 3.12. The van der Waals surface area contributed by atoms with E-state index in [2.05, 4.69) is 25.8 Å². The lowest BCUT2D eigenvalue weighted by molar-refractivity contribution is -0.132. The van der Waals surface area contributed by atoms with Gasteiger partial charge in [0.1, 0.15) is 4.60 Å². The second kappa shape index (κ2) is 9.38. The maximum atomic E-state index is 12.7. The average Bonchev–Trinajstić information content (AvgIpc) is 3.04. The molecule has 0 atom stereocenters. The molecule has 0 aliphatic heterocycles. The Bertz CT molecular complexity index is 484. The number of pyridine rings is 1. The third-order valence-corrected chi connectivity index (χ3v) is 5.04. The predicted octanol–water partition coefficient (Wildman–Crippen LogP) is 3.70. The van der Waals surface area contributed by atoms with Crippen LogP contribution in [0.15, 0.2) is 22.9 Å². The summed E-state index contributed by atoms with van der Waals surface area (Å²) in [4.78, 5) is 21.0. The SMILES string of the molecule is CN(C)CCN(Cc1ccc(Br)nc1)C(=O)CCC1CCCC1. The molecule has 0 bridgehead atoms. The maximum absolute atomic E-state index is 12.7. The molecule has 0 aromatic carbocycles. The minimum absolute atomic E-state index is 0.279. The molecule has 1 amide bonds. The molecule has 0 saturated heterocycles. The summed E-state index contributed by atoms with van der Waals surface area (Å²) < 4.78 is 0.827. The van der Waals surface area contributed by atoms with Crippen molar-refractivity contribution < 1.29 is 4.79 Å². The Morgan fingerprint density at radius 2 is 2.00 bits per heavy atom. The number of rotatable bonds is 8. The van der Waals surface area contributed by atoms with E-state index in [9.17, 15) is 4.79 Å². The molecule has 1 aliphatic carbocycles. The van der Waals surface area contributed by atoms with Crippen molar-refractivity contribution >= 4 is 21.8 Å². The number of amides is 1. The molecule has 1 fully saturated rings. The summed E-state index contributed by atoms with van der Waals surface area (Å²) in [5.41, 5.74) is 1.08. The molecule has 1 heterocycles. The highest BCUT2D eigenvalue weighted by Crippen LogP contribution is 2.28. The number of aromatic nitrogens is 1. The fourth-order valence-corrected chi connectivity index (χ4v) is 3.35. The molecule has 0 unspecified atom stereocenters. The van der Waals surface area contributed by atoms with Crippen molar-refractivity contribution in [1.82, 2.24) is 14.8 Å². The molecule has 1 saturated carbocycles. The highest BCUT2D eigenvalue weighted by atomic mass is 79.9. The first-order valence-electron chi connectivity index (χ1n) is 8.57. The van der Waals surface area contributed by atoms with Crippen molar-refractivity contribution in [3.63, 3.8) is 0 Å². The Morgan fingerprint density at radius 1 is 1.26 bits per heavy atom. The van der Waals surface area contributed by atoms with Crippen LogP contribution in [0, 0.1) is 5.92 Å². The Labute approximate surface area is 148 Å². The molecule has 128 valence electrons. The van der Waals surface area contributed by atoms with Gasteiger partial charge in [0.25, 0.3) is 0 Å². The molecule has 1 aromatic heterocycles. The molecule has 5 heteroatoms. The van der Waals surface area contributed by atoms with Crippen LogP contribution in [0.3, 0.4) is 0 Å². The molecule has 1 aromatic rings. The second-order valence-electron chi connectivity index (χ2n) is 6.80. The van der Waals surface area contributed by atoms with Crippen molar-refractivity contribution in [3.8, 4) is 0 Å². The van der Waals surface area contributed by atoms with E-state index in [1.165, 1.54) is 25.7 Å². The van der Waals surface area contributed by atoms with Gasteiger partial charge in [0, 0.05) is 32.3 Å². The Kier molecular flexibility index (Phi) is 7.50. The third kappa shape index (κ3) is 6.60. The first-order valence-corrected chi connectivity index (χ1v) is 9.37. The summed E-state index contributed by atoms with van der Waals surface area (Å²) in [5.74, 6) is 1.05. The van der Waals surface area contributed by atoms with Crippen molar-refractivity contribution in [3.05, 3.63) is 28.5 Å². The Hall–Kier alpha value is -0.940. The third-order valence-electron chi connectivity index (χ3n) is 4.57. The fraction of sp³-hybridized carbons (Fsp3) is 0.667. The van der Waals surface area contributed by atoms with Crippen LogP contribution < -0.4 is 0 Å². The monoisotopic (exact) mass is 381 g/mol. The molecule has 0 N–H and O–H groups in total. The van der Waals surface area contributed by atoms with Gasteiger partial charge in [0.05, 0.1) is 0 Å². The number of hydrogen-bond acceptors (Lipinski definition) is 3. The lowest BCUT2D eigenvalue weighted by Gasteiger charge is -2.25. The minimum Gasteiger partial charge on any atom is -0.337 e. The van der Waals surface area contributed by atoms with Crippen molar-refractivity contribution in [2.45, 2.75) is 45.1 Å². The minimum atomic E-state index is 0.279. The van der Waals surface area contributed by atoms with Gasteiger partial charge >= 0.3 is 0 Å². The van der Waals surface area contributed by atoms with Crippen LogP contribution in [-0.4, -0.2) is 47.9 Å². The summed E-state index contributed by atoms with van der Waals surface area (Å²) in [5, 5.41) is 0. The smallest absolute Gasteiger partial charge is 0.222 e. The Morgan fingerprint density at radius 3 is 2.61 bits per heavy atom. The molecule has 0 spiro atoms. The molecule has 2 rings (SSSR count). The number of hydrogen-bond donors (Lipinski definition) is 0. The highest BCUT2D eigenvalue weighted by Gasteiger charge is 2.19. The van der Waals surface area contributed by atoms with E-state index < -0.39 is 0 Å². The standard InChI is InChI=1S/C18H28BrN3O/c1-21(2)11-12-22(14-16-7-9-17(19)20-13-16)18(23)10-8-15-5-3-4-6-15/h7,9,13,15H,3-6,8,10-12,14H2,1-2H3. The molecule has 0 radical (unpaired) electrons. The number of nitrogens with zero attached hydrogens (tertiary/aromatic N) is 3. The van der Waals surface area contributed by atoms with Crippen molar-refractivity contribution in [2.75, 3.05) is 27.2 Å². The van der Waals surface area contributed by atoms with Crippen LogP contribution in [0.5, 0.6) is 0 Å². The van der Waals surface area contributed by atoms with Crippen LogP contribution in [0.4, 0.5) is 0 Å². The van der Waals surface area contributed by atoms with Gasteiger partial charge in [0.2, 0.25) is 5.91 Å². The number of carbonyl (C=O) groups is 1. The van der Waals surface area contributed by atoms with Gasteiger partial charge in [-0.2, -0.15) is 0 Å². The normalized spacial score (nSPS) is 15.3. The largest absolute Gasteiger partial charge is 0.337 e. The highest BCUT2D eigenvalue weighted by molar-refractivity contribution is 9.10. The van der Waals surface area contributed by atoms with Crippen LogP contribution in [0.2, 0.25) is 0 Å². The van der Waals surface area contributed by atoms with E-state index in [1.54, 1.807) is 0 Å². The van der Waals surface area contributed by atoms with Gasteiger partial charge < -0.3 is 9.80 Å². The van der Waals surface area contributed by atoms with Crippen molar-refractivity contribution in [2.24, 2.45) is 5.92 Å². The topological polar surface area (TPSA) is 36.4 Å². The number of halogens is 1. The Balaban J connectivity index is 1.91. The van der Waals surface area contributed by atoms with Gasteiger partial charge in [0.15, 0.2) is 0 Å². The molecular formula is C18H28BrN3O. The summed E-state index contributed by atoms with van der Waals surface area (Å²) in [6.07, 6.45) is 8.87. The van der Waals surface area contributed by atoms with E-state index in [-0.39, 0.29) is 5.91 Å². The summed E-state index contributed by atoms with van der Waals surface area (Å²) in [6, 6.07) is 3.96. The average molecular weight is 382 g/mol. The van der Waals surface area contributed by atoms with E-state index in [0.29, 0.717) is 13.0 Å².